The summed E-state index contributed by atoms with van der Waals surface area (Å²) in [5, 5.41) is 7.26. The molecule has 6 rings (SSSR count). The van der Waals surface area contributed by atoms with Crippen molar-refractivity contribution in [3.63, 3.8) is 0 Å². The molecular formula is C39H48N6O3. The number of para-hydroxylation sites is 1. The number of carbonyl (C=O) groups is 3. The zero-order valence-electron chi connectivity index (χ0n) is 28.6. The van der Waals surface area contributed by atoms with Gasteiger partial charge in [0, 0.05) is 55.7 Å². The number of H-pyrrole nitrogens is 1. The molecule has 1 aromatic heterocycles. The van der Waals surface area contributed by atoms with E-state index in [0.29, 0.717) is 49.9 Å². The van der Waals surface area contributed by atoms with Gasteiger partial charge in [-0.2, -0.15) is 0 Å². The van der Waals surface area contributed by atoms with Crippen molar-refractivity contribution in [3.8, 4) is 0 Å². The number of benzene rings is 3. The Morgan fingerprint density at radius 3 is 2.35 bits per heavy atom. The van der Waals surface area contributed by atoms with Crippen LogP contribution >= 0.6 is 0 Å². The van der Waals surface area contributed by atoms with Gasteiger partial charge in [-0.15, -0.1) is 0 Å². The van der Waals surface area contributed by atoms with Crippen LogP contribution in [0.4, 0.5) is 10.5 Å². The Hall–Kier alpha value is -4.63. The predicted octanol–water partition coefficient (Wildman–Crippen LogP) is 6.47. The molecule has 9 nitrogen and oxygen atoms in total. The number of piperidine rings is 1. The lowest BCUT2D eigenvalue weighted by Crippen LogP contribution is -2.53. The second-order valence-corrected chi connectivity index (χ2v) is 13.7. The summed E-state index contributed by atoms with van der Waals surface area (Å²) < 4.78 is 0. The fraction of sp³-hybridized carbons (Fsp3) is 0.410. The average Bonchev–Trinajstić information content (AvgIpc) is 3.78. The van der Waals surface area contributed by atoms with Crippen LogP contribution in [0.15, 0.2) is 72.9 Å². The molecule has 3 heterocycles. The molecule has 2 fully saturated rings. The van der Waals surface area contributed by atoms with Crippen LogP contribution in [0, 0.1) is 6.92 Å². The lowest BCUT2D eigenvalue weighted by Gasteiger charge is -2.34. The maximum Gasteiger partial charge on any atom is 0.318 e. The maximum absolute atomic E-state index is 14.4. The molecule has 252 valence electrons. The molecule has 0 bridgehead atoms. The molecule has 0 saturated carbocycles. The molecule has 2 unspecified atom stereocenters. The summed E-state index contributed by atoms with van der Waals surface area (Å²) >= 11 is 0. The second kappa shape index (κ2) is 14.6. The highest BCUT2D eigenvalue weighted by Gasteiger charge is 2.34. The zero-order valence-corrected chi connectivity index (χ0v) is 28.6. The van der Waals surface area contributed by atoms with Crippen LogP contribution in [0.1, 0.15) is 77.1 Å². The van der Waals surface area contributed by atoms with Gasteiger partial charge in [0.15, 0.2) is 0 Å². The minimum atomic E-state index is -0.891. The van der Waals surface area contributed by atoms with Crippen LogP contribution in [0.5, 0.6) is 0 Å². The van der Waals surface area contributed by atoms with Crippen molar-refractivity contribution in [2.75, 3.05) is 45.6 Å². The van der Waals surface area contributed by atoms with Crippen molar-refractivity contribution in [2.24, 2.45) is 0 Å². The van der Waals surface area contributed by atoms with Crippen molar-refractivity contribution in [3.05, 3.63) is 101 Å². The molecule has 48 heavy (non-hydrogen) atoms. The summed E-state index contributed by atoms with van der Waals surface area (Å²) in [6.07, 6.45) is 5.62. The second-order valence-electron chi connectivity index (χ2n) is 13.7. The molecular weight excluding hydrogens is 600 g/mol. The van der Waals surface area contributed by atoms with Crippen molar-refractivity contribution in [2.45, 2.75) is 64.0 Å². The minimum Gasteiger partial charge on any atom is -0.361 e. The number of hydrogen-bond donors (Lipinski definition) is 3. The van der Waals surface area contributed by atoms with Gasteiger partial charge in [0.2, 0.25) is 5.91 Å². The van der Waals surface area contributed by atoms with Crippen molar-refractivity contribution in [1.82, 2.24) is 25.0 Å². The Balaban J connectivity index is 1.27. The number of amides is 4. The summed E-state index contributed by atoms with van der Waals surface area (Å²) in [7, 11) is 3.97. The molecule has 2 atom stereocenters. The Morgan fingerprint density at radius 2 is 1.62 bits per heavy atom. The Labute approximate surface area is 283 Å². The van der Waals surface area contributed by atoms with Crippen LogP contribution in [-0.4, -0.2) is 83.8 Å². The first-order valence-corrected chi connectivity index (χ1v) is 17.2. The molecule has 3 aromatic carbocycles. The van der Waals surface area contributed by atoms with Crippen molar-refractivity contribution in [1.29, 1.82) is 0 Å². The first-order chi connectivity index (χ1) is 23.2. The number of fused-ring (bicyclic) bond motifs is 1. The number of likely N-dealkylation sites (tertiary alicyclic amines) is 2. The van der Waals surface area contributed by atoms with E-state index in [-0.39, 0.29) is 23.8 Å². The third kappa shape index (κ3) is 7.26. The monoisotopic (exact) mass is 648 g/mol. The Kier molecular flexibility index (Phi) is 10.2. The minimum absolute atomic E-state index is 0.0824. The number of nitrogens with zero attached hydrogens (tertiary/aromatic N) is 3. The van der Waals surface area contributed by atoms with Crippen molar-refractivity contribution < 1.29 is 14.4 Å². The van der Waals surface area contributed by atoms with Gasteiger partial charge in [-0.1, -0.05) is 55.5 Å². The van der Waals surface area contributed by atoms with E-state index >= 15 is 0 Å². The number of aromatic nitrogens is 1. The normalized spacial score (nSPS) is 16.7. The molecule has 4 aromatic rings. The SMILES string of the molecule is Cc1ccccc1C1CCN(C(=O)NC(C(=O)Nc2cc(CN(C)C)ccc2C(=O)N2CCCC2)C(C)c2c[nH]c3ccccc23)CC1. The Morgan fingerprint density at radius 1 is 0.917 bits per heavy atom. The smallest absolute Gasteiger partial charge is 0.318 e. The number of nitrogens with one attached hydrogen (secondary N) is 3. The quantitative estimate of drug-likeness (QED) is 0.194. The van der Waals surface area contributed by atoms with Gasteiger partial charge in [0.1, 0.15) is 6.04 Å². The molecule has 3 N–H and O–H groups in total. The number of anilines is 1. The molecule has 2 aliphatic rings. The van der Waals surface area contributed by atoms with Crippen molar-refractivity contribution >= 4 is 34.4 Å². The molecule has 0 aliphatic carbocycles. The topological polar surface area (TPSA) is 101 Å². The average molecular weight is 649 g/mol. The fourth-order valence-corrected chi connectivity index (χ4v) is 7.38. The molecule has 2 aliphatic heterocycles. The summed E-state index contributed by atoms with van der Waals surface area (Å²) in [6.45, 7) is 7.42. The molecule has 0 spiro atoms. The van der Waals surface area contributed by atoms with Gasteiger partial charge in [0.25, 0.3) is 5.91 Å². The first kappa shape index (κ1) is 33.3. The molecule has 4 amide bonds. The number of rotatable bonds is 9. The summed E-state index contributed by atoms with van der Waals surface area (Å²) in [6, 6.07) is 21.0. The van der Waals surface area contributed by atoms with E-state index in [0.717, 1.165) is 47.7 Å². The number of hydrogen-bond acceptors (Lipinski definition) is 4. The first-order valence-electron chi connectivity index (χ1n) is 17.2. The number of urea groups is 1. The van der Waals surface area contributed by atoms with E-state index in [1.165, 1.54) is 11.1 Å². The molecule has 9 heteroatoms. The third-order valence-electron chi connectivity index (χ3n) is 10.0. The highest BCUT2D eigenvalue weighted by atomic mass is 16.2. The van der Waals surface area contributed by atoms with E-state index in [1.54, 1.807) is 0 Å². The third-order valence-corrected chi connectivity index (χ3v) is 10.0. The van der Waals surface area contributed by atoms with Crippen LogP contribution in [-0.2, 0) is 11.3 Å². The number of aromatic amines is 1. The summed E-state index contributed by atoms with van der Waals surface area (Å²) in [4.78, 5) is 51.0. The van der Waals surface area contributed by atoms with Crippen LogP contribution in [0.3, 0.4) is 0 Å². The van der Waals surface area contributed by atoms with Crippen LogP contribution in [0.25, 0.3) is 10.9 Å². The lowest BCUT2D eigenvalue weighted by molar-refractivity contribution is -0.118. The van der Waals surface area contributed by atoms with Crippen LogP contribution < -0.4 is 10.6 Å². The van der Waals surface area contributed by atoms with Gasteiger partial charge < -0.3 is 30.3 Å². The largest absolute Gasteiger partial charge is 0.361 e. The standard InChI is InChI=1S/C39H48N6O3/c1-26-11-5-6-12-30(26)29-17-21-45(22-18-29)39(48)42-36(27(2)33-24-40-34-14-8-7-13-31(33)34)37(46)41-35-23-28(25-43(3)4)15-16-32(35)38(47)44-19-9-10-20-44/h5-8,11-16,23-24,27,29,36,40H,9-10,17-22,25H2,1-4H3,(H,41,46)(H,42,48). The lowest BCUT2D eigenvalue weighted by atomic mass is 9.87. The number of aryl methyl sites for hydroxylation is 1. The molecule has 2 saturated heterocycles. The van der Waals surface area contributed by atoms with E-state index < -0.39 is 6.04 Å². The van der Waals surface area contributed by atoms with E-state index in [2.05, 4.69) is 46.8 Å². The van der Waals surface area contributed by atoms with E-state index in [4.69, 9.17) is 0 Å². The summed E-state index contributed by atoms with van der Waals surface area (Å²) in [5.74, 6) is -0.396. The van der Waals surface area contributed by atoms with E-state index in [1.807, 2.05) is 84.4 Å². The number of carbonyl (C=O) groups excluding carboxylic acids is 3. The highest BCUT2D eigenvalue weighted by molar-refractivity contribution is 6.06. The van der Waals surface area contributed by atoms with E-state index in [9.17, 15) is 14.4 Å². The van der Waals surface area contributed by atoms with Gasteiger partial charge in [-0.25, -0.2) is 4.79 Å². The highest BCUT2D eigenvalue weighted by Crippen LogP contribution is 2.32. The fourth-order valence-electron chi connectivity index (χ4n) is 7.38. The summed E-state index contributed by atoms with van der Waals surface area (Å²) in [5.41, 5.74) is 6.46. The predicted molar refractivity (Wildman–Crippen MR) is 191 cm³/mol. The molecule has 0 radical (unpaired) electrons. The Bertz CT molecular complexity index is 1770. The van der Waals surface area contributed by atoms with Crippen LogP contribution in [0.2, 0.25) is 0 Å². The van der Waals surface area contributed by atoms with Gasteiger partial charge in [0.05, 0.1) is 11.3 Å². The zero-order chi connectivity index (χ0) is 33.8. The maximum atomic E-state index is 14.4. The van der Waals surface area contributed by atoms with Gasteiger partial charge >= 0.3 is 6.03 Å². The van der Waals surface area contributed by atoms with Gasteiger partial charge in [-0.05, 0) is 93.1 Å². The van der Waals surface area contributed by atoms with Gasteiger partial charge in [-0.3, -0.25) is 9.59 Å².